The first-order valence-corrected chi connectivity index (χ1v) is 9.46. The zero-order valence-electron chi connectivity index (χ0n) is 15.2. The zero-order valence-corrected chi connectivity index (χ0v) is 15.2. The van der Waals surface area contributed by atoms with Crippen LogP contribution in [-0.4, -0.2) is 0 Å². The van der Waals surface area contributed by atoms with E-state index in [9.17, 15) is 0 Å². The molecule has 0 fully saturated rings. The Morgan fingerprint density at radius 2 is 1.19 bits per heavy atom. The zero-order chi connectivity index (χ0) is 18.0. The Labute approximate surface area is 158 Å². The van der Waals surface area contributed by atoms with Gasteiger partial charge in [0.15, 0.2) is 0 Å². The van der Waals surface area contributed by atoms with Crippen molar-refractivity contribution in [3.8, 4) is 33.4 Å². The molecule has 0 aromatic heterocycles. The first kappa shape index (κ1) is 14.8. The summed E-state index contributed by atoms with van der Waals surface area (Å²) in [6.07, 6.45) is 0. The monoisotopic (exact) mass is 342 g/mol. The van der Waals surface area contributed by atoms with Crippen LogP contribution in [0, 0.1) is 6.92 Å². The number of rotatable bonds is 1. The molecule has 0 saturated carbocycles. The number of aryl methyl sites for hydroxylation is 1. The van der Waals surface area contributed by atoms with Crippen molar-refractivity contribution >= 4 is 21.5 Å². The molecule has 5 aromatic rings. The van der Waals surface area contributed by atoms with Crippen molar-refractivity contribution in [1.82, 2.24) is 0 Å². The van der Waals surface area contributed by atoms with E-state index in [4.69, 9.17) is 0 Å². The second-order valence-electron chi connectivity index (χ2n) is 7.50. The molecule has 0 radical (unpaired) electrons. The Balaban J connectivity index is 1.66. The van der Waals surface area contributed by atoms with Crippen molar-refractivity contribution < 1.29 is 0 Å². The van der Waals surface area contributed by atoms with Gasteiger partial charge in [-0.2, -0.15) is 0 Å². The Bertz CT molecular complexity index is 1340. The number of hydrogen-bond donors (Lipinski definition) is 0. The maximum absolute atomic E-state index is 2.33. The largest absolute Gasteiger partial charge is 0.0616 e. The fraction of sp³-hybridized carbons (Fsp3) is 0.0370. The molecular formula is C27H18. The van der Waals surface area contributed by atoms with Crippen molar-refractivity contribution in [3.05, 3.63) is 96.6 Å². The van der Waals surface area contributed by atoms with E-state index in [0.29, 0.717) is 0 Å². The highest BCUT2D eigenvalue weighted by Crippen LogP contribution is 2.49. The topological polar surface area (TPSA) is 0 Å². The quantitative estimate of drug-likeness (QED) is 0.288. The maximum Gasteiger partial charge on any atom is -0.00201 e. The van der Waals surface area contributed by atoms with Gasteiger partial charge in [0.25, 0.3) is 0 Å². The smallest absolute Gasteiger partial charge is 0.00201 e. The summed E-state index contributed by atoms with van der Waals surface area (Å²) in [5, 5.41) is 5.33. The summed E-state index contributed by atoms with van der Waals surface area (Å²) in [4.78, 5) is 0. The molecule has 5 aromatic carbocycles. The van der Waals surface area contributed by atoms with Crippen LogP contribution in [0.4, 0.5) is 0 Å². The van der Waals surface area contributed by atoms with Crippen LogP contribution in [0.2, 0.25) is 0 Å². The van der Waals surface area contributed by atoms with Crippen molar-refractivity contribution in [1.29, 1.82) is 0 Å². The van der Waals surface area contributed by atoms with Crippen LogP contribution in [0.15, 0.2) is 91.0 Å². The fourth-order valence-corrected chi connectivity index (χ4v) is 4.59. The molecule has 27 heavy (non-hydrogen) atoms. The molecule has 6 rings (SSSR count). The summed E-state index contributed by atoms with van der Waals surface area (Å²) in [5.41, 5.74) is 9.32. The van der Waals surface area contributed by atoms with Crippen LogP contribution in [0.1, 0.15) is 5.56 Å². The molecule has 0 spiro atoms. The molecule has 0 nitrogen and oxygen atoms in total. The summed E-state index contributed by atoms with van der Waals surface area (Å²) < 4.78 is 0. The summed E-state index contributed by atoms with van der Waals surface area (Å²) in [7, 11) is 0. The minimum absolute atomic E-state index is 1.28. The van der Waals surface area contributed by atoms with Crippen molar-refractivity contribution in [2.45, 2.75) is 6.92 Å². The molecule has 0 unspecified atom stereocenters. The molecule has 1 aliphatic carbocycles. The third kappa shape index (κ3) is 2.04. The molecule has 0 N–H and O–H groups in total. The van der Waals surface area contributed by atoms with Gasteiger partial charge in [0.05, 0.1) is 0 Å². The lowest BCUT2D eigenvalue weighted by molar-refractivity contribution is 1.51. The van der Waals surface area contributed by atoms with E-state index in [-0.39, 0.29) is 0 Å². The van der Waals surface area contributed by atoms with E-state index >= 15 is 0 Å². The summed E-state index contributed by atoms with van der Waals surface area (Å²) in [5.74, 6) is 0. The molecular weight excluding hydrogens is 324 g/mol. The molecule has 1 aliphatic rings. The third-order valence-corrected chi connectivity index (χ3v) is 5.85. The van der Waals surface area contributed by atoms with Gasteiger partial charge in [-0.15, -0.1) is 0 Å². The molecule has 0 heterocycles. The van der Waals surface area contributed by atoms with Gasteiger partial charge in [0, 0.05) is 0 Å². The predicted octanol–water partition coefficient (Wildman–Crippen LogP) is 7.62. The molecule has 0 heteroatoms. The van der Waals surface area contributed by atoms with Crippen LogP contribution in [0.25, 0.3) is 54.9 Å². The van der Waals surface area contributed by atoms with E-state index < -0.39 is 0 Å². The Morgan fingerprint density at radius 1 is 0.481 bits per heavy atom. The second-order valence-corrected chi connectivity index (χ2v) is 7.50. The minimum Gasteiger partial charge on any atom is -0.0616 e. The number of fused-ring (bicyclic) bond motifs is 4. The summed E-state index contributed by atoms with van der Waals surface area (Å²) >= 11 is 0. The van der Waals surface area contributed by atoms with Crippen molar-refractivity contribution in [2.24, 2.45) is 0 Å². The first-order chi connectivity index (χ1) is 13.3. The lowest BCUT2D eigenvalue weighted by Gasteiger charge is -2.11. The normalized spacial score (nSPS) is 11.9. The number of benzene rings is 5. The lowest BCUT2D eigenvalue weighted by atomic mass is 9.93. The molecule has 0 aliphatic heterocycles. The maximum atomic E-state index is 2.33. The lowest BCUT2D eigenvalue weighted by Crippen LogP contribution is -1.84. The van der Waals surface area contributed by atoms with Gasteiger partial charge in [-0.3, -0.25) is 0 Å². The predicted molar refractivity (Wildman–Crippen MR) is 116 cm³/mol. The molecule has 0 atom stereocenters. The fourth-order valence-electron chi connectivity index (χ4n) is 4.59. The highest BCUT2D eigenvalue weighted by atomic mass is 14.2. The van der Waals surface area contributed by atoms with E-state index in [2.05, 4.69) is 97.9 Å². The van der Waals surface area contributed by atoms with Gasteiger partial charge < -0.3 is 0 Å². The average molecular weight is 342 g/mol. The standard InChI is InChI=1S/C27H18/c1-17-9-10-18-11-12-19(16-20(18)15-17)21-13-14-26-23-6-3-2-5-22(23)25-8-4-7-24(21)27(25)26/h2-16H,1H3. The van der Waals surface area contributed by atoms with Gasteiger partial charge in [-0.1, -0.05) is 90.5 Å². The van der Waals surface area contributed by atoms with Crippen molar-refractivity contribution in [2.75, 3.05) is 0 Å². The van der Waals surface area contributed by atoms with E-state index in [1.165, 1.54) is 60.5 Å². The Kier molecular flexibility index (Phi) is 2.90. The molecule has 0 bridgehead atoms. The minimum atomic E-state index is 1.28. The molecule has 126 valence electrons. The van der Waals surface area contributed by atoms with Crippen LogP contribution in [-0.2, 0) is 0 Å². The van der Waals surface area contributed by atoms with Gasteiger partial charge in [-0.25, -0.2) is 0 Å². The highest BCUT2D eigenvalue weighted by molar-refractivity contribution is 6.18. The molecule has 0 amide bonds. The average Bonchev–Trinajstić information content (AvgIpc) is 3.04. The van der Waals surface area contributed by atoms with Gasteiger partial charge in [0.1, 0.15) is 0 Å². The van der Waals surface area contributed by atoms with Crippen molar-refractivity contribution in [3.63, 3.8) is 0 Å². The SMILES string of the molecule is Cc1ccc2ccc(-c3ccc4c5c(cccc35)-c3ccccc3-4)cc2c1. The van der Waals surface area contributed by atoms with Gasteiger partial charge in [-0.05, 0) is 67.9 Å². The van der Waals surface area contributed by atoms with Crippen LogP contribution in [0.5, 0.6) is 0 Å². The van der Waals surface area contributed by atoms with E-state index in [1.54, 1.807) is 0 Å². The van der Waals surface area contributed by atoms with Crippen LogP contribution < -0.4 is 0 Å². The van der Waals surface area contributed by atoms with Gasteiger partial charge >= 0.3 is 0 Å². The summed E-state index contributed by atoms with van der Waals surface area (Å²) in [6, 6.07) is 33.5. The van der Waals surface area contributed by atoms with Crippen LogP contribution in [0.3, 0.4) is 0 Å². The number of hydrogen-bond acceptors (Lipinski definition) is 0. The Hall–Kier alpha value is -3.38. The molecule has 0 saturated heterocycles. The Morgan fingerprint density at radius 3 is 2.04 bits per heavy atom. The van der Waals surface area contributed by atoms with E-state index in [1.807, 2.05) is 0 Å². The highest BCUT2D eigenvalue weighted by Gasteiger charge is 2.21. The summed E-state index contributed by atoms with van der Waals surface area (Å²) in [6.45, 7) is 2.16. The third-order valence-electron chi connectivity index (χ3n) is 5.85. The van der Waals surface area contributed by atoms with Crippen LogP contribution >= 0.6 is 0 Å². The second kappa shape index (κ2) is 5.31. The first-order valence-electron chi connectivity index (χ1n) is 9.46. The van der Waals surface area contributed by atoms with E-state index in [0.717, 1.165) is 0 Å². The van der Waals surface area contributed by atoms with Gasteiger partial charge in [0.2, 0.25) is 0 Å².